The van der Waals surface area contributed by atoms with Gasteiger partial charge in [-0.3, -0.25) is 4.79 Å². The highest BCUT2D eigenvalue weighted by Gasteiger charge is 2.21. The van der Waals surface area contributed by atoms with E-state index in [0.717, 1.165) is 17.9 Å². The second-order valence-corrected chi connectivity index (χ2v) is 6.06. The average Bonchev–Trinajstić information content (AvgIpc) is 3.43. The summed E-state index contributed by atoms with van der Waals surface area (Å²) in [4.78, 5) is 11.5. The summed E-state index contributed by atoms with van der Waals surface area (Å²) in [6.07, 6.45) is 8.00. The van der Waals surface area contributed by atoms with Gasteiger partial charge in [0.1, 0.15) is 6.61 Å². The fourth-order valence-corrected chi connectivity index (χ4v) is 2.54. The standard InChI is InChI=1S/C21H22O2/c22-21(15-12-18-8-9-18)23-16-4-5-17-10-13-20(14-11-17)19-6-2-1-3-7-19/h1-7,10-11,13-14,18H,8-9,12,15-16H2. The molecule has 2 nitrogen and oxygen atoms in total. The molecule has 1 aliphatic carbocycles. The third-order valence-electron chi connectivity index (χ3n) is 4.12. The second-order valence-electron chi connectivity index (χ2n) is 6.06. The van der Waals surface area contributed by atoms with Gasteiger partial charge in [0, 0.05) is 6.42 Å². The number of esters is 1. The largest absolute Gasteiger partial charge is 0.461 e. The van der Waals surface area contributed by atoms with Crippen LogP contribution < -0.4 is 0 Å². The zero-order chi connectivity index (χ0) is 15.9. The molecular formula is C21H22O2. The van der Waals surface area contributed by atoms with E-state index in [1.54, 1.807) is 0 Å². The number of benzene rings is 2. The minimum Gasteiger partial charge on any atom is -0.461 e. The van der Waals surface area contributed by atoms with Gasteiger partial charge in [0.15, 0.2) is 0 Å². The first kappa shape index (κ1) is 15.5. The zero-order valence-corrected chi connectivity index (χ0v) is 13.3. The maximum absolute atomic E-state index is 11.5. The summed E-state index contributed by atoms with van der Waals surface area (Å²) < 4.78 is 5.21. The lowest BCUT2D eigenvalue weighted by Crippen LogP contribution is -2.04. The molecule has 1 aliphatic rings. The van der Waals surface area contributed by atoms with E-state index in [4.69, 9.17) is 4.74 Å². The quantitative estimate of drug-likeness (QED) is 0.665. The van der Waals surface area contributed by atoms with Crippen LogP contribution in [0.1, 0.15) is 31.2 Å². The monoisotopic (exact) mass is 306 g/mol. The zero-order valence-electron chi connectivity index (χ0n) is 13.3. The molecule has 0 unspecified atom stereocenters. The van der Waals surface area contributed by atoms with E-state index in [1.165, 1.54) is 24.0 Å². The van der Waals surface area contributed by atoms with Crippen LogP contribution in [-0.4, -0.2) is 12.6 Å². The second kappa shape index (κ2) is 7.77. The van der Waals surface area contributed by atoms with Crippen molar-refractivity contribution < 1.29 is 9.53 Å². The highest BCUT2D eigenvalue weighted by Crippen LogP contribution is 2.33. The average molecular weight is 306 g/mol. The van der Waals surface area contributed by atoms with Gasteiger partial charge in [-0.25, -0.2) is 0 Å². The molecule has 0 aromatic heterocycles. The maximum Gasteiger partial charge on any atom is 0.306 e. The molecule has 0 heterocycles. The summed E-state index contributed by atoms with van der Waals surface area (Å²) in [5.41, 5.74) is 3.53. The minimum atomic E-state index is -0.0824. The molecule has 1 fully saturated rings. The van der Waals surface area contributed by atoms with Crippen LogP contribution in [0.3, 0.4) is 0 Å². The molecule has 0 bridgehead atoms. The van der Waals surface area contributed by atoms with Crippen LogP contribution >= 0.6 is 0 Å². The molecular weight excluding hydrogens is 284 g/mol. The molecule has 0 radical (unpaired) electrons. The van der Waals surface area contributed by atoms with Crippen LogP contribution in [0.15, 0.2) is 60.7 Å². The van der Waals surface area contributed by atoms with E-state index in [0.29, 0.717) is 13.0 Å². The predicted molar refractivity (Wildman–Crippen MR) is 93.8 cm³/mol. The highest BCUT2D eigenvalue weighted by molar-refractivity contribution is 5.69. The normalized spacial score (nSPS) is 14.1. The van der Waals surface area contributed by atoms with Crippen molar-refractivity contribution in [2.45, 2.75) is 25.7 Å². The van der Waals surface area contributed by atoms with E-state index in [1.807, 2.05) is 30.4 Å². The van der Waals surface area contributed by atoms with Gasteiger partial charge < -0.3 is 4.74 Å². The van der Waals surface area contributed by atoms with E-state index in [-0.39, 0.29) is 5.97 Å². The topological polar surface area (TPSA) is 26.3 Å². The minimum absolute atomic E-state index is 0.0824. The fraction of sp³-hybridized carbons (Fsp3) is 0.286. The van der Waals surface area contributed by atoms with Crippen LogP contribution in [0.5, 0.6) is 0 Å². The first-order chi connectivity index (χ1) is 11.3. The molecule has 2 aromatic rings. The first-order valence-electron chi connectivity index (χ1n) is 8.29. The Balaban J connectivity index is 1.45. The van der Waals surface area contributed by atoms with Gasteiger partial charge in [0.25, 0.3) is 0 Å². The molecule has 2 aromatic carbocycles. The van der Waals surface area contributed by atoms with Gasteiger partial charge in [-0.15, -0.1) is 0 Å². The summed E-state index contributed by atoms with van der Waals surface area (Å²) in [5, 5.41) is 0. The van der Waals surface area contributed by atoms with Crippen molar-refractivity contribution >= 4 is 12.0 Å². The van der Waals surface area contributed by atoms with Crippen LogP contribution in [0.25, 0.3) is 17.2 Å². The molecule has 2 heteroatoms. The summed E-state index contributed by atoms with van der Waals surface area (Å²) in [6, 6.07) is 18.7. The number of hydrogen-bond acceptors (Lipinski definition) is 2. The smallest absolute Gasteiger partial charge is 0.306 e. The lowest BCUT2D eigenvalue weighted by Gasteiger charge is -2.02. The van der Waals surface area contributed by atoms with Gasteiger partial charge in [0.05, 0.1) is 0 Å². The Morgan fingerprint density at radius 1 is 1.00 bits per heavy atom. The van der Waals surface area contributed by atoms with Gasteiger partial charge in [0.2, 0.25) is 0 Å². The van der Waals surface area contributed by atoms with Crippen molar-refractivity contribution in [1.29, 1.82) is 0 Å². The fourth-order valence-electron chi connectivity index (χ4n) is 2.54. The van der Waals surface area contributed by atoms with Crippen LogP contribution in [0.4, 0.5) is 0 Å². The number of hydrogen-bond donors (Lipinski definition) is 0. The molecule has 0 saturated heterocycles. The van der Waals surface area contributed by atoms with Crippen molar-refractivity contribution in [3.05, 3.63) is 66.2 Å². The number of carbonyl (C=O) groups is 1. The Kier molecular flexibility index (Phi) is 5.25. The number of rotatable bonds is 7. The molecule has 1 saturated carbocycles. The highest BCUT2D eigenvalue weighted by atomic mass is 16.5. The molecule has 3 rings (SSSR count). The number of ether oxygens (including phenoxy) is 1. The third-order valence-corrected chi connectivity index (χ3v) is 4.12. The Labute approximate surface area is 137 Å². The van der Waals surface area contributed by atoms with Crippen molar-refractivity contribution in [3.8, 4) is 11.1 Å². The Morgan fingerprint density at radius 2 is 1.70 bits per heavy atom. The van der Waals surface area contributed by atoms with Crippen LogP contribution in [-0.2, 0) is 9.53 Å². The van der Waals surface area contributed by atoms with E-state index >= 15 is 0 Å². The third kappa shape index (κ3) is 5.10. The van der Waals surface area contributed by atoms with Crippen molar-refractivity contribution in [2.24, 2.45) is 5.92 Å². The first-order valence-corrected chi connectivity index (χ1v) is 8.29. The van der Waals surface area contributed by atoms with Gasteiger partial charge >= 0.3 is 5.97 Å². The Hall–Kier alpha value is -2.35. The lowest BCUT2D eigenvalue weighted by atomic mass is 10.0. The van der Waals surface area contributed by atoms with Gasteiger partial charge in [-0.2, -0.15) is 0 Å². The molecule has 0 aliphatic heterocycles. The van der Waals surface area contributed by atoms with E-state index < -0.39 is 0 Å². The van der Waals surface area contributed by atoms with Crippen LogP contribution in [0, 0.1) is 5.92 Å². The molecule has 0 atom stereocenters. The van der Waals surface area contributed by atoms with E-state index in [9.17, 15) is 4.79 Å². The predicted octanol–water partition coefficient (Wildman–Crippen LogP) is 5.10. The molecule has 118 valence electrons. The Morgan fingerprint density at radius 3 is 2.39 bits per heavy atom. The van der Waals surface area contributed by atoms with Crippen molar-refractivity contribution in [2.75, 3.05) is 6.61 Å². The SMILES string of the molecule is O=C(CCC1CC1)OCC=Cc1ccc(-c2ccccc2)cc1. The van der Waals surface area contributed by atoms with Crippen LogP contribution in [0.2, 0.25) is 0 Å². The lowest BCUT2D eigenvalue weighted by molar-refractivity contribution is -0.142. The molecule has 23 heavy (non-hydrogen) atoms. The summed E-state index contributed by atoms with van der Waals surface area (Å²) in [6.45, 7) is 0.351. The Bertz CT molecular complexity index is 652. The van der Waals surface area contributed by atoms with E-state index in [2.05, 4.69) is 36.4 Å². The number of carbonyl (C=O) groups excluding carboxylic acids is 1. The molecule has 0 spiro atoms. The van der Waals surface area contributed by atoms with Gasteiger partial charge in [-0.05, 0) is 35.1 Å². The maximum atomic E-state index is 11.5. The summed E-state index contributed by atoms with van der Waals surface area (Å²) in [5.74, 6) is 0.696. The molecule has 0 N–H and O–H groups in total. The summed E-state index contributed by atoms with van der Waals surface area (Å²) >= 11 is 0. The molecule has 0 amide bonds. The van der Waals surface area contributed by atoms with Gasteiger partial charge in [-0.1, -0.05) is 73.5 Å². The van der Waals surface area contributed by atoms with Crippen molar-refractivity contribution in [3.63, 3.8) is 0 Å². The van der Waals surface area contributed by atoms with Crippen molar-refractivity contribution in [1.82, 2.24) is 0 Å². The summed E-state index contributed by atoms with van der Waals surface area (Å²) in [7, 11) is 0.